The minimum Gasteiger partial charge on any atom is -0.375 e. The van der Waals surface area contributed by atoms with E-state index in [-0.39, 0.29) is 24.5 Å². The molecule has 2 amide bonds. The maximum absolute atomic E-state index is 13.2. The number of rotatable bonds is 6. The number of carbonyl (C=O) groups is 2. The Labute approximate surface area is 168 Å². The van der Waals surface area contributed by atoms with E-state index in [1.807, 2.05) is 36.2 Å². The Morgan fingerprint density at radius 2 is 1.79 bits per heavy atom. The number of methoxy groups -OCH3 is 1. The number of amides is 2. The van der Waals surface area contributed by atoms with Crippen LogP contribution in [0.1, 0.15) is 55.3 Å². The van der Waals surface area contributed by atoms with Crippen LogP contribution in [-0.2, 0) is 9.53 Å². The summed E-state index contributed by atoms with van der Waals surface area (Å²) in [5, 5.41) is 3.02. The van der Waals surface area contributed by atoms with Crippen LogP contribution in [0.15, 0.2) is 24.3 Å². The van der Waals surface area contributed by atoms with E-state index in [0.29, 0.717) is 6.04 Å². The van der Waals surface area contributed by atoms with Crippen LogP contribution in [0.4, 0.5) is 5.69 Å². The van der Waals surface area contributed by atoms with E-state index in [4.69, 9.17) is 4.74 Å². The molecule has 0 aromatic heterocycles. The topological polar surface area (TPSA) is 61.9 Å². The highest BCUT2D eigenvalue weighted by molar-refractivity contribution is 5.99. The average molecular weight is 388 g/mol. The molecule has 154 valence electrons. The molecule has 0 radical (unpaired) electrons. The number of piperidine rings is 1. The lowest BCUT2D eigenvalue weighted by Crippen LogP contribution is -2.46. The van der Waals surface area contributed by atoms with E-state index >= 15 is 0 Å². The molecule has 1 heterocycles. The highest BCUT2D eigenvalue weighted by Crippen LogP contribution is 2.28. The number of anilines is 1. The summed E-state index contributed by atoms with van der Waals surface area (Å²) in [6.45, 7) is 1.76. The predicted molar refractivity (Wildman–Crippen MR) is 111 cm³/mol. The summed E-state index contributed by atoms with van der Waals surface area (Å²) in [4.78, 5) is 29.2. The lowest BCUT2D eigenvalue weighted by molar-refractivity contribution is -0.125. The van der Waals surface area contributed by atoms with Crippen molar-refractivity contribution < 1.29 is 14.3 Å². The van der Waals surface area contributed by atoms with Gasteiger partial charge in [-0.15, -0.1) is 0 Å². The zero-order valence-corrected chi connectivity index (χ0v) is 17.2. The quantitative estimate of drug-likeness (QED) is 0.815. The summed E-state index contributed by atoms with van der Waals surface area (Å²) in [7, 11) is 3.48. The van der Waals surface area contributed by atoms with Gasteiger partial charge in [-0.1, -0.05) is 31.4 Å². The molecule has 0 atom stereocenters. The van der Waals surface area contributed by atoms with Gasteiger partial charge in [0, 0.05) is 45.0 Å². The Kier molecular flexibility index (Phi) is 7.31. The van der Waals surface area contributed by atoms with Crippen molar-refractivity contribution in [1.29, 1.82) is 0 Å². The number of nitrogens with one attached hydrogen (secondary N) is 1. The van der Waals surface area contributed by atoms with E-state index < -0.39 is 0 Å². The smallest absolute Gasteiger partial charge is 0.255 e. The molecule has 0 spiro atoms. The maximum atomic E-state index is 13.2. The van der Waals surface area contributed by atoms with Crippen molar-refractivity contribution >= 4 is 17.5 Å². The normalized spacial score (nSPS) is 18.7. The molecule has 1 aromatic rings. The second-order valence-corrected chi connectivity index (χ2v) is 7.99. The van der Waals surface area contributed by atoms with E-state index in [9.17, 15) is 9.59 Å². The number of carbonyl (C=O) groups excluding carboxylic acids is 2. The minimum absolute atomic E-state index is 0.0642. The summed E-state index contributed by atoms with van der Waals surface area (Å²) in [5.41, 5.74) is 1.80. The van der Waals surface area contributed by atoms with Crippen LogP contribution in [0, 0.1) is 0 Å². The molecule has 3 rings (SSSR count). The van der Waals surface area contributed by atoms with Gasteiger partial charge in [0.1, 0.15) is 6.61 Å². The zero-order valence-electron chi connectivity index (χ0n) is 17.2. The highest BCUT2D eigenvalue weighted by atomic mass is 16.5. The largest absolute Gasteiger partial charge is 0.375 e. The van der Waals surface area contributed by atoms with Gasteiger partial charge in [0.2, 0.25) is 5.91 Å². The number of ether oxygens (including phenoxy) is 1. The minimum atomic E-state index is -0.0642. The van der Waals surface area contributed by atoms with Gasteiger partial charge in [0.15, 0.2) is 0 Å². The van der Waals surface area contributed by atoms with Crippen LogP contribution in [-0.4, -0.2) is 62.7 Å². The fraction of sp³-hybridized carbons (Fsp3) is 0.636. The predicted octanol–water partition coefficient (Wildman–Crippen LogP) is 2.82. The fourth-order valence-corrected chi connectivity index (χ4v) is 4.42. The van der Waals surface area contributed by atoms with Gasteiger partial charge in [0.25, 0.3) is 5.91 Å². The van der Waals surface area contributed by atoms with Crippen LogP contribution < -0.4 is 10.2 Å². The third-order valence-electron chi connectivity index (χ3n) is 6.05. The summed E-state index contributed by atoms with van der Waals surface area (Å²) >= 11 is 0. The lowest BCUT2D eigenvalue weighted by Gasteiger charge is -2.36. The number of hydrogen-bond donors (Lipinski definition) is 1. The first-order chi connectivity index (χ1) is 13.6. The van der Waals surface area contributed by atoms with Crippen molar-refractivity contribution in [3.63, 3.8) is 0 Å². The van der Waals surface area contributed by atoms with Crippen molar-refractivity contribution in [2.24, 2.45) is 0 Å². The van der Waals surface area contributed by atoms with E-state index in [0.717, 1.165) is 50.0 Å². The fourth-order valence-electron chi connectivity index (χ4n) is 4.42. The summed E-state index contributed by atoms with van der Waals surface area (Å²) in [6, 6.07) is 8.47. The van der Waals surface area contributed by atoms with Gasteiger partial charge in [-0.2, -0.15) is 0 Å². The van der Waals surface area contributed by atoms with Crippen LogP contribution in [0.3, 0.4) is 0 Å². The van der Waals surface area contributed by atoms with Crippen LogP contribution in [0.25, 0.3) is 0 Å². The van der Waals surface area contributed by atoms with Crippen molar-refractivity contribution in [3.05, 3.63) is 29.8 Å². The molecular formula is C22H33N3O3. The van der Waals surface area contributed by atoms with E-state index in [1.165, 1.54) is 26.4 Å². The number of nitrogens with zero attached hydrogens (tertiary/aromatic N) is 2. The van der Waals surface area contributed by atoms with Crippen molar-refractivity contribution in [2.45, 2.75) is 57.0 Å². The van der Waals surface area contributed by atoms with E-state index in [2.05, 4.69) is 10.2 Å². The summed E-state index contributed by atoms with van der Waals surface area (Å²) in [6.07, 6.45) is 7.67. The van der Waals surface area contributed by atoms with E-state index in [1.54, 1.807) is 0 Å². The Balaban J connectivity index is 1.64. The number of benzene rings is 1. The van der Waals surface area contributed by atoms with Crippen molar-refractivity contribution in [2.75, 3.05) is 38.8 Å². The molecule has 28 heavy (non-hydrogen) atoms. The molecule has 1 aliphatic heterocycles. The SMILES string of the molecule is COCC(=O)NC1CCN(c2ccccc2C(=O)N(C)C2CCCCC2)CC1. The van der Waals surface area contributed by atoms with Crippen LogP contribution in [0.2, 0.25) is 0 Å². The molecule has 1 saturated carbocycles. The van der Waals surface area contributed by atoms with Gasteiger partial charge < -0.3 is 19.9 Å². The Hall–Kier alpha value is -2.08. The van der Waals surface area contributed by atoms with Gasteiger partial charge in [0.05, 0.1) is 5.56 Å². The second kappa shape index (κ2) is 9.92. The Morgan fingerprint density at radius 3 is 2.46 bits per heavy atom. The number of para-hydroxylation sites is 1. The Morgan fingerprint density at radius 1 is 1.11 bits per heavy atom. The van der Waals surface area contributed by atoms with Gasteiger partial charge in [-0.3, -0.25) is 9.59 Å². The second-order valence-electron chi connectivity index (χ2n) is 7.99. The standard InChI is InChI=1S/C22H33N3O3/c1-24(18-8-4-3-5-9-18)22(27)19-10-6-7-11-20(19)25-14-12-17(13-15-25)23-21(26)16-28-2/h6-7,10-11,17-18H,3-5,8-9,12-16H2,1-2H3,(H,23,26). The first kappa shape index (κ1) is 20.6. The van der Waals surface area contributed by atoms with Gasteiger partial charge in [-0.25, -0.2) is 0 Å². The molecule has 0 bridgehead atoms. The summed E-state index contributed by atoms with van der Waals surface area (Å²) < 4.78 is 4.89. The van der Waals surface area contributed by atoms with Crippen LogP contribution in [0.5, 0.6) is 0 Å². The monoisotopic (exact) mass is 387 g/mol. The molecule has 0 unspecified atom stereocenters. The third kappa shape index (κ3) is 5.04. The molecular weight excluding hydrogens is 354 g/mol. The molecule has 1 aromatic carbocycles. The maximum Gasteiger partial charge on any atom is 0.255 e. The van der Waals surface area contributed by atoms with Crippen molar-refractivity contribution in [1.82, 2.24) is 10.2 Å². The van der Waals surface area contributed by atoms with Gasteiger partial charge >= 0.3 is 0 Å². The van der Waals surface area contributed by atoms with Crippen LogP contribution >= 0.6 is 0 Å². The zero-order chi connectivity index (χ0) is 19.9. The Bertz CT molecular complexity index is 665. The third-order valence-corrected chi connectivity index (χ3v) is 6.05. The average Bonchev–Trinajstić information content (AvgIpc) is 2.74. The summed E-state index contributed by atoms with van der Waals surface area (Å²) in [5.74, 6) is 0.0589. The highest BCUT2D eigenvalue weighted by Gasteiger charge is 2.27. The molecule has 1 aliphatic carbocycles. The molecule has 6 heteroatoms. The molecule has 1 N–H and O–H groups in total. The molecule has 2 fully saturated rings. The van der Waals surface area contributed by atoms with Crippen molar-refractivity contribution in [3.8, 4) is 0 Å². The molecule has 1 saturated heterocycles. The first-order valence-corrected chi connectivity index (χ1v) is 10.5. The first-order valence-electron chi connectivity index (χ1n) is 10.5. The number of hydrogen-bond acceptors (Lipinski definition) is 4. The lowest BCUT2D eigenvalue weighted by atomic mass is 9.94. The molecule has 6 nitrogen and oxygen atoms in total. The molecule has 2 aliphatic rings. The van der Waals surface area contributed by atoms with Gasteiger partial charge in [-0.05, 0) is 37.8 Å².